The number of rotatable bonds is 1. The number of likely N-dealkylation sites (tertiary alicyclic amines) is 1. The maximum Gasteiger partial charge on any atom is 0.261 e. The minimum Gasteiger partial charge on any atom is -0.338 e. The molecule has 2 fully saturated rings. The normalized spacial score (nSPS) is 24.4. The van der Waals surface area contributed by atoms with E-state index in [1.807, 2.05) is 29.2 Å². The monoisotopic (exact) mass is 311 g/mol. The minimum absolute atomic E-state index is 0.139. The van der Waals surface area contributed by atoms with Crippen LogP contribution in [-0.2, 0) is 0 Å². The minimum atomic E-state index is -0.295. The zero-order valence-corrected chi connectivity index (χ0v) is 13.1. The third-order valence-corrected chi connectivity index (χ3v) is 5.27. The molecule has 2 aliphatic heterocycles. The van der Waals surface area contributed by atoms with Gasteiger partial charge >= 0.3 is 0 Å². The first-order chi connectivity index (χ1) is 11.2. The number of carbonyl (C=O) groups is 1. The average molecular weight is 311 g/mol. The van der Waals surface area contributed by atoms with Crippen LogP contribution in [0.3, 0.4) is 0 Å². The molecule has 2 saturated heterocycles. The van der Waals surface area contributed by atoms with Crippen molar-refractivity contribution in [3.8, 4) is 0 Å². The summed E-state index contributed by atoms with van der Waals surface area (Å²) in [6, 6.07) is 9.27. The fraction of sp³-hybridized carbons (Fsp3) is 0.444. The van der Waals surface area contributed by atoms with Crippen molar-refractivity contribution in [1.82, 2.24) is 15.2 Å². The summed E-state index contributed by atoms with van der Waals surface area (Å²) in [6.07, 6.45) is 3.35. The summed E-state index contributed by atoms with van der Waals surface area (Å²) in [6.45, 7) is 3.54. The van der Waals surface area contributed by atoms with Gasteiger partial charge in [-0.3, -0.25) is 9.59 Å². The molecule has 0 saturated carbocycles. The summed E-state index contributed by atoms with van der Waals surface area (Å²) >= 11 is 0. The second-order valence-corrected chi connectivity index (χ2v) is 6.86. The highest BCUT2D eigenvalue weighted by Gasteiger charge is 2.41. The van der Waals surface area contributed by atoms with Gasteiger partial charge in [0.15, 0.2) is 0 Å². The smallest absolute Gasteiger partial charge is 0.261 e. The van der Waals surface area contributed by atoms with E-state index >= 15 is 0 Å². The fourth-order valence-electron chi connectivity index (χ4n) is 3.96. The Labute approximate surface area is 134 Å². The Balaban J connectivity index is 1.62. The van der Waals surface area contributed by atoms with Gasteiger partial charge in [-0.25, -0.2) is 0 Å². The quantitative estimate of drug-likeness (QED) is 0.843. The predicted octanol–water partition coefficient (Wildman–Crippen LogP) is 1.74. The summed E-state index contributed by atoms with van der Waals surface area (Å²) in [5.74, 6) is -0.139. The lowest BCUT2D eigenvalue weighted by molar-refractivity contribution is 0.0762. The van der Waals surface area contributed by atoms with Crippen molar-refractivity contribution in [3.63, 3.8) is 0 Å². The molecule has 23 heavy (non-hydrogen) atoms. The Morgan fingerprint density at radius 2 is 2.09 bits per heavy atom. The summed E-state index contributed by atoms with van der Waals surface area (Å²) in [4.78, 5) is 29.8. The molecule has 1 atom stereocenters. The first kappa shape index (κ1) is 14.5. The third-order valence-electron chi connectivity index (χ3n) is 5.27. The molecule has 0 bridgehead atoms. The molecule has 3 heterocycles. The second kappa shape index (κ2) is 5.49. The number of hydrogen-bond acceptors (Lipinski definition) is 3. The van der Waals surface area contributed by atoms with Gasteiger partial charge in [-0.15, -0.1) is 0 Å². The first-order valence-corrected chi connectivity index (χ1v) is 8.29. The van der Waals surface area contributed by atoms with E-state index in [0.717, 1.165) is 49.9 Å². The molecule has 1 aromatic heterocycles. The standard InChI is InChI=1S/C18H21N3O2/c22-16-14(10-13-4-1-2-5-15(13)20-16)17(23)21-9-7-18(12-21)6-3-8-19-11-18/h1-2,4-5,10,19H,3,6-9,11-12H2,(H,20,22)/t18-/m0/s1. The number of nitrogens with zero attached hydrogens (tertiary/aromatic N) is 1. The highest BCUT2D eigenvalue weighted by molar-refractivity contribution is 5.97. The van der Waals surface area contributed by atoms with Crippen LogP contribution >= 0.6 is 0 Å². The number of hydrogen-bond donors (Lipinski definition) is 2. The highest BCUT2D eigenvalue weighted by Crippen LogP contribution is 2.36. The summed E-state index contributed by atoms with van der Waals surface area (Å²) in [5.41, 5.74) is 0.932. The number of aromatic nitrogens is 1. The maximum atomic E-state index is 12.8. The van der Waals surface area contributed by atoms with Crippen LogP contribution in [0, 0.1) is 5.41 Å². The van der Waals surface area contributed by atoms with E-state index < -0.39 is 0 Å². The number of amides is 1. The Morgan fingerprint density at radius 3 is 2.91 bits per heavy atom. The molecule has 2 N–H and O–H groups in total. The van der Waals surface area contributed by atoms with Gasteiger partial charge in [-0.2, -0.15) is 0 Å². The van der Waals surface area contributed by atoms with Crippen molar-refractivity contribution < 1.29 is 4.79 Å². The van der Waals surface area contributed by atoms with Crippen LogP contribution in [0.2, 0.25) is 0 Å². The van der Waals surface area contributed by atoms with Gasteiger partial charge in [0.2, 0.25) is 0 Å². The number of carbonyl (C=O) groups excluding carboxylic acids is 1. The number of fused-ring (bicyclic) bond motifs is 1. The van der Waals surface area contributed by atoms with Crippen LogP contribution in [0.15, 0.2) is 35.1 Å². The lowest BCUT2D eigenvalue weighted by atomic mass is 9.80. The number of nitrogens with one attached hydrogen (secondary N) is 2. The highest BCUT2D eigenvalue weighted by atomic mass is 16.2. The number of benzene rings is 1. The summed E-state index contributed by atoms with van der Waals surface area (Å²) in [5, 5.41) is 4.34. The van der Waals surface area contributed by atoms with E-state index in [1.165, 1.54) is 6.42 Å². The number of para-hydroxylation sites is 1. The Bertz CT molecular complexity index is 805. The number of H-pyrrole nitrogens is 1. The predicted molar refractivity (Wildman–Crippen MR) is 89.6 cm³/mol. The number of piperidine rings is 1. The zero-order chi connectivity index (χ0) is 15.9. The van der Waals surface area contributed by atoms with Crippen molar-refractivity contribution in [2.45, 2.75) is 19.3 Å². The van der Waals surface area contributed by atoms with Crippen LogP contribution in [0.1, 0.15) is 29.6 Å². The van der Waals surface area contributed by atoms with Crippen molar-refractivity contribution in [2.24, 2.45) is 5.41 Å². The van der Waals surface area contributed by atoms with E-state index in [0.29, 0.717) is 0 Å². The Kier molecular flexibility index (Phi) is 3.45. The van der Waals surface area contributed by atoms with Crippen molar-refractivity contribution in [2.75, 3.05) is 26.2 Å². The lowest BCUT2D eigenvalue weighted by Gasteiger charge is -2.33. The first-order valence-electron chi connectivity index (χ1n) is 8.29. The molecule has 2 aliphatic rings. The number of pyridine rings is 1. The zero-order valence-electron chi connectivity index (χ0n) is 13.1. The van der Waals surface area contributed by atoms with Gasteiger partial charge in [0, 0.05) is 30.6 Å². The van der Waals surface area contributed by atoms with Crippen LogP contribution in [0.25, 0.3) is 10.9 Å². The van der Waals surface area contributed by atoms with Gasteiger partial charge in [0.05, 0.1) is 0 Å². The van der Waals surface area contributed by atoms with E-state index in [-0.39, 0.29) is 22.4 Å². The van der Waals surface area contributed by atoms with Crippen LogP contribution in [0.5, 0.6) is 0 Å². The van der Waals surface area contributed by atoms with E-state index in [9.17, 15) is 9.59 Å². The molecule has 5 heteroatoms. The molecule has 2 aromatic rings. The maximum absolute atomic E-state index is 12.8. The third kappa shape index (κ3) is 2.55. The average Bonchev–Trinajstić information content (AvgIpc) is 2.98. The fourth-order valence-corrected chi connectivity index (χ4v) is 3.96. The molecule has 1 spiro atoms. The molecule has 0 radical (unpaired) electrons. The molecule has 4 rings (SSSR count). The Morgan fingerprint density at radius 1 is 1.22 bits per heavy atom. The summed E-state index contributed by atoms with van der Waals surface area (Å²) in [7, 11) is 0. The van der Waals surface area contributed by atoms with Crippen molar-refractivity contribution >= 4 is 16.8 Å². The summed E-state index contributed by atoms with van der Waals surface area (Å²) < 4.78 is 0. The second-order valence-electron chi connectivity index (χ2n) is 6.86. The van der Waals surface area contributed by atoms with Crippen molar-refractivity contribution in [1.29, 1.82) is 0 Å². The van der Waals surface area contributed by atoms with Gasteiger partial charge < -0.3 is 15.2 Å². The van der Waals surface area contributed by atoms with Crippen molar-refractivity contribution in [3.05, 3.63) is 46.2 Å². The van der Waals surface area contributed by atoms with Crippen LogP contribution in [-0.4, -0.2) is 42.0 Å². The molecule has 120 valence electrons. The molecule has 5 nitrogen and oxygen atoms in total. The Hall–Kier alpha value is -2.14. The van der Waals surface area contributed by atoms with Gasteiger partial charge in [0.1, 0.15) is 5.56 Å². The van der Waals surface area contributed by atoms with Gasteiger partial charge in [0.25, 0.3) is 11.5 Å². The van der Waals surface area contributed by atoms with Crippen LogP contribution < -0.4 is 10.9 Å². The van der Waals surface area contributed by atoms with E-state index in [1.54, 1.807) is 6.07 Å². The largest absolute Gasteiger partial charge is 0.338 e. The molecule has 0 aliphatic carbocycles. The molecule has 1 aromatic carbocycles. The number of aromatic amines is 1. The van der Waals surface area contributed by atoms with E-state index in [2.05, 4.69) is 10.3 Å². The van der Waals surface area contributed by atoms with Crippen LogP contribution in [0.4, 0.5) is 0 Å². The lowest BCUT2D eigenvalue weighted by Crippen LogP contribution is -2.43. The molecular weight excluding hydrogens is 290 g/mol. The topological polar surface area (TPSA) is 65.2 Å². The van der Waals surface area contributed by atoms with E-state index in [4.69, 9.17) is 0 Å². The molecule has 0 unspecified atom stereocenters. The van der Waals surface area contributed by atoms with Gasteiger partial charge in [-0.1, -0.05) is 18.2 Å². The molecular formula is C18H21N3O2. The molecule has 1 amide bonds. The van der Waals surface area contributed by atoms with Gasteiger partial charge in [-0.05, 0) is 43.3 Å². The SMILES string of the molecule is O=C(c1cc2ccccc2[nH]c1=O)N1CC[C@]2(CCCNC2)C1.